The molecule has 3 N–H and O–H groups in total. The lowest BCUT2D eigenvalue weighted by Gasteiger charge is -2.44. The Labute approximate surface area is 130 Å². The Hall–Kier alpha value is -2.94. The average molecular weight is 313 g/mol. The average Bonchev–Trinajstić information content (AvgIpc) is 3.08. The Bertz CT molecular complexity index is 907. The van der Waals surface area contributed by atoms with Gasteiger partial charge >= 0.3 is 0 Å². The van der Waals surface area contributed by atoms with Crippen molar-refractivity contribution in [2.24, 2.45) is 12.8 Å². The van der Waals surface area contributed by atoms with Gasteiger partial charge in [0.25, 0.3) is 5.91 Å². The molecule has 1 saturated heterocycles. The van der Waals surface area contributed by atoms with E-state index < -0.39 is 11.5 Å². The maximum Gasteiger partial charge on any atom is 0.253 e. The summed E-state index contributed by atoms with van der Waals surface area (Å²) >= 11 is 0. The molecule has 1 fully saturated rings. The Morgan fingerprint density at radius 3 is 2.74 bits per heavy atom. The molecule has 0 spiro atoms. The SMILES string of the molecule is Cn1cc(-c2cc3c(N4CC(O)(C(N)=O)C4)ncnn3c2)cn1. The number of fused-ring (bicyclic) bond motifs is 1. The Kier molecular flexibility index (Phi) is 2.70. The number of β-amino-alcohol motifs (C(OH)–C–C–N with tert-alkyl or cyclic N) is 1. The highest BCUT2D eigenvalue weighted by molar-refractivity contribution is 5.88. The number of carbonyl (C=O) groups is 1. The number of anilines is 1. The number of aliphatic hydroxyl groups is 1. The number of aromatic nitrogens is 5. The second kappa shape index (κ2) is 4.53. The van der Waals surface area contributed by atoms with Crippen LogP contribution in [0.4, 0.5) is 5.82 Å². The molecule has 3 aromatic rings. The standard InChI is InChI=1S/C14H15N7O2/c1-19-4-10(3-17-19)9-2-11-12(16-8-18-21(11)5-9)20-6-14(23,7-20)13(15)22/h2-5,8,23H,6-7H2,1H3,(H2,15,22). The molecule has 9 heteroatoms. The molecule has 4 heterocycles. The molecule has 4 rings (SSSR count). The van der Waals surface area contributed by atoms with E-state index in [-0.39, 0.29) is 13.1 Å². The van der Waals surface area contributed by atoms with Crippen molar-refractivity contribution in [3.63, 3.8) is 0 Å². The number of hydrogen-bond donors (Lipinski definition) is 2. The topological polar surface area (TPSA) is 115 Å². The van der Waals surface area contributed by atoms with E-state index in [1.54, 1.807) is 20.3 Å². The number of aryl methyl sites for hydroxylation is 1. The molecule has 118 valence electrons. The second-order valence-electron chi connectivity index (χ2n) is 5.80. The Morgan fingerprint density at radius 2 is 2.09 bits per heavy atom. The van der Waals surface area contributed by atoms with E-state index in [0.717, 1.165) is 16.6 Å². The first kappa shape index (κ1) is 13.7. The molecule has 9 nitrogen and oxygen atoms in total. The van der Waals surface area contributed by atoms with Crippen molar-refractivity contribution < 1.29 is 9.90 Å². The minimum atomic E-state index is -1.49. The molecule has 1 amide bonds. The van der Waals surface area contributed by atoms with E-state index in [2.05, 4.69) is 15.2 Å². The molecule has 0 unspecified atom stereocenters. The van der Waals surface area contributed by atoms with Gasteiger partial charge in [0.1, 0.15) is 11.8 Å². The Morgan fingerprint density at radius 1 is 1.30 bits per heavy atom. The third-order valence-electron chi connectivity index (χ3n) is 4.09. The van der Waals surface area contributed by atoms with Crippen LogP contribution in [0.15, 0.2) is 31.0 Å². The number of rotatable bonds is 3. The fourth-order valence-corrected chi connectivity index (χ4v) is 2.78. The smallest absolute Gasteiger partial charge is 0.253 e. The van der Waals surface area contributed by atoms with Crippen LogP contribution in [0.5, 0.6) is 0 Å². The first-order valence-corrected chi connectivity index (χ1v) is 7.06. The van der Waals surface area contributed by atoms with Crippen molar-refractivity contribution in [1.29, 1.82) is 0 Å². The molecule has 23 heavy (non-hydrogen) atoms. The van der Waals surface area contributed by atoms with Gasteiger partial charge in [-0.15, -0.1) is 0 Å². The minimum absolute atomic E-state index is 0.127. The lowest BCUT2D eigenvalue weighted by atomic mass is 9.93. The summed E-state index contributed by atoms with van der Waals surface area (Å²) in [6.45, 7) is 0.255. The molecular weight excluding hydrogens is 298 g/mol. The zero-order valence-electron chi connectivity index (χ0n) is 12.4. The summed E-state index contributed by atoms with van der Waals surface area (Å²) < 4.78 is 3.44. The van der Waals surface area contributed by atoms with Crippen LogP contribution in [-0.4, -0.2) is 54.1 Å². The molecule has 0 saturated carbocycles. The fraction of sp³-hybridized carbons (Fsp3) is 0.286. The van der Waals surface area contributed by atoms with Crippen LogP contribution in [0.3, 0.4) is 0 Å². The fourth-order valence-electron chi connectivity index (χ4n) is 2.78. The van der Waals surface area contributed by atoms with E-state index >= 15 is 0 Å². The van der Waals surface area contributed by atoms with Gasteiger partial charge in [0, 0.05) is 30.6 Å². The largest absolute Gasteiger partial charge is 0.377 e. The second-order valence-corrected chi connectivity index (χ2v) is 5.80. The third kappa shape index (κ3) is 2.05. The highest BCUT2D eigenvalue weighted by atomic mass is 16.3. The monoisotopic (exact) mass is 313 g/mol. The van der Waals surface area contributed by atoms with Crippen molar-refractivity contribution in [3.05, 3.63) is 31.0 Å². The molecule has 3 aromatic heterocycles. The van der Waals surface area contributed by atoms with Gasteiger partial charge in [0.15, 0.2) is 11.4 Å². The van der Waals surface area contributed by atoms with Gasteiger partial charge in [-0.2, -0.15) is 10.2 Å². The van der Waals surface area contributed by atoms with Crippen LogP contribution in [0.2, 0.25) is 0 Å². The zero-order valence-corrected chi connectivity index (χ0v) is 12.4. The van der Waals surface area contributed by atoms with Gasteiger partial charge in [-0.25, -0.2) is 9.50 Å². The maximum atomic E-state index is 11.2. The summed E-state index contributed by atoms with van der Waals surface area (Å²) in [7, 11) is 1.86. The number of nitrogens with two attached hydrogens (primary N) is 1. The molecule has 1 aliphatic heterocycles. The highest BCUT2D eigenvalue weighted by Crippen LogP contribution is 2.31. The van der Waals surface area contributed by atoms with Crippen LogP contribution in [0, 0.1) is 0 Å². The summed E-state index contributed by atoms with van der Waals surface area (Å²) in [5.74, 6) is -0.0636. The van der Waals surface area contributed by atoms with Crippen LogP contribution in [0.25, 0.3) is 16.6 Å². The van der Waals surface area contributed by atoms with Crippen LogP contribution in [-0.2, 0) is 11.8 Å². The van der Waals surface area contributed by atoms with E-state index in [4.69, 9.17) is 5.73 Å². The van der Waals surface area contributed by atoms with Crippen molar-refractivity contribution in [2.45, 2.75) is 5.60 Å². The van der Waals surface area contributed by atoms with Crippen molar-refractivity contribution in [3.8, 4) is 11.1 Å². The minimum Gasteiger partial charge on any atom is -0.377 e. The summed E-state index contributed by atoms with van der Waals surface area (Å²) in [4.78, 5) is 17.3. The van der Waals surface area contributed by atoms with Gasteiger partial charge < -0.3 is 15.7 Å². The van der Waals surface area contributed by atoms with Crippen molar-refractivity contribution in [2.75, 3.05) is 18.0 Å². The van der Waals surface area contributed by atoms with Crippen molar-refractivity contribution in [1.82, 2.24) is 24.4 Å². The summed E-state index contributed by atoms with van der Waals surface area (Å²) in [5.41, 5.74) is 6.45. The summed E-state index contributed by atoms with van der Waals surface area (Å²) in [5, 5.41) is 18.4. The zero-order chi connectivity index (χ0) is 16.2. The molecule has 0 aliphatic carbocycles. The molecular formula is C14H15N7O2. The molecule has 0 bridgehead atoms. The first-order chi connectivity index (χ1) is 11.0. The van der Waals surface area contributed by atoms with E-state index in [1.807, 2.05) is 25.5 Å². The van der Waals surface area contributed by atoms with Crippen molar-refractivity contribution >= 4 is 17.2 Å². The number of hydrogen-bond acceptors (Lipinski definition) is 6. The molecule has 0 aromatic carbocycles. The normalized spacial score (nSPS) is 16.5. The number of nitrogens with zero attached hydrogens (tertiary/aromatic N) is 6. The number of carbonyl (C=O) groups excluding carboxylic acids is 1. The van der Waals surface area contributed by atoms with Crippen LogP contribution in [0.1, 0.15) is 0 Å². The van der Waals surface area contributed by atoms with Crippen LogP contribution >= 0.6 is 0 Å². The predicted octanol–water partition coefficient (Wildman–Crippen LogP) is -0.834. The van der Waals surface area contributed by atoms with E-state index in [0.29, 0.717) is 5.82 Å². The maximum absolute atomic E-state index is 11.2. The third-order valence-corrected chi connectivity index (χ3v) is 4.09. The summed E-state index contributed by atoms with van der Waals surface area (Å²) in [6.07, 6.45) is 7.02. The first-order valence-electron chi connectivity index (χ1n) is 7.06. The number of amides is 1. The summed E-state index contributed by atoms with van der Waals surface area (Å²) in [6, 6.07) is 1.95. The van der Waals surface area contributed by atoms with E-state index in [9.17, 15) is 9.90 Å². The highest BCUT2D eigenvalue weighted by Gasteiger charge is 2.47. The van der Waals surface area contributed by atoms with Gasteiger partial charge in [-0.1, -0.05) is 0 Å². The van der Waals surface area contributed by atoms with E-state index in [1.165, 1.54) is 6.33 Å². The predicted molar refractivity (Wildman–Crippen MR) is 81.5 cm³/mol. The lowest BCUT2D eigenvalue weighted by molar-refractivity contribution is -0.138. The van der Waals surface area contributed by atoms with Gasteiger partial charge in [0.2, 0.25) is 0 Å². The van der Waals surface area contributed by atoms with Gasteiger partial charge in [0.05, 0.1) is 19.3 Å². The van der Waals surface area contributed by atoms with Crippen LogP contribution < -0.4 is 10.6 Å². The molecule has 0 radical (unpaired) electrons. The Balaban J connectivity index is 1.72. The number of primary amides is 1. The van der Waals surface area contributed by atoms with Gasteiger partial charge in [-0.05, 0) is 6.07 Å². The molecule has 1 aliphatic rings. The lowest BCUT2D eigenvalue weighted by Crippen LogP contribution is -2.68. The quantitative estimate of drug-likeness (QED) is 0.652. The van der Waals surface area contributed by atoms with Gasteiger partial charge in [-0.3, -0.25) is 9.48 Å². The molecule has 0 atom stereocenters.